The van der Waals surface area contributed by atoms with Crippen LogP contribution in [0.4, 0.5) is 5.69 Å². The number of nitrogens with zero attached hydrogens (tertiary/aromatic N) is 3. The molecule has 156 valence electrons. The van der Waals surface area contributed by atoms with Gasteiger partial charge >= 0.3 is 0 Å². The predicted molar refractivity (Wildman–Crippen MR) is 112 cm³/mol. The van der Waals surface area contributed by atoms with Crippen molar-refractivity contribution in [2.75, 3.05) is 64.5 Å². The average molecular weight is 391 g/mol. The van der Waals surface area contributed by atoms with Crippen molar-refractivity contribution in [3.8, 4) is 5.75 Å². The third kappa shape index (κ3) is 6.27. The van der Waals surface area contributed by atoms with Crippen LogP contribution in [0.15, 0.2) is 29.3 Å². The van der Waals surface area contributed by atoms with E-state index in [0.717, 1.165) is 57.0 Å². The number of guanidine groups is 1. The molecule has 0 bridgehead atoms. The van der Waals surface area contributed by atoms with Crippen LogP contribution in [0.2, 0.25) is 0 Å². The molecule has 1 aliphatic carbocycles. The zero-order valence-electron chi connectivity index (χ0n) is 17.1. The van der Waals surface area contributed by atoms with Crippen molar-refractivity contribution in [2.45, 2.75) is 25.9 Å². The topological polar surface area (TPSA) is 69.6 Å². The van der Waals surface area contributed by atoms with E-state index in [0.29, 0.717) is 13.2 Å². The smallest absolute Gasteiger partial charge is 0.194 e. The van der Waals surface area contributed by atoms with Crippen LogP contribution in [-0.4, -0.2) is 81.7 Å². The van der Waals surface area contributed by atoms with Gasteiger partial charge in [-0.25, -0.2) is 0 Å². The van der Waals surface area contributed by atoms with Gasteiger partial charge in [-0.1, -0.05) is 0 Å². The fourth-order valence-electron chi connectivity index (χ4n) is 3.30. The Morgan fingerprint density at radius 1 is 1.21 bits per heavy atom. The first-order chi connectivity index (χ1) is 13.7. The molecule has 1 aromatic rings. The Morgan fingerprint density at radius 2 is 1.93 bits per heavy atom. The summed E-state index contributed by atoms with van der Waals surface area (Å²) in [6.07, 6.45) is 1.98. The molecule has 2 N–H and O–H groups in total. The standard InChI is InChI=1S/C21H34N4O3/c1-3-22-21(23-14-19(26)16-28-15-17-4-5-17)25-12-10-24(11-13-25)18-6-8-20(27-2)9-7-18/h6-9,17,19,26H,3-5,10-16H2,1-2H3,(H,22,23). The van der Waals surface area contributed by atoms with Crippen LogP contribution in [0.1, 0.15) is 19.8 Å². The summed E-state index contributed by atoms with van der Waals surface area (Å²) in [4.78, 5) is 9.28. The molecule has 0 amide bonds. The van der Waals surface area contributed by atoms with Gasteiger partial charge in [0.25, 0.3) is 0 Å². The van der Waals surface area contributed by atoms with Crippen LogP contribution in [0.3, 0.4) is 0 Å². The number of benzene rings is 1. The molecule has 1 aliphatic heterocycles. The van der Waals surface area contributed by atoms with Crippen LogP contribution in [-0.2, 0) is 4.74 Å². The van der Waals surface area contributed by atoms with Crippen molar-refractivity contribution >= 4 is 11.6 Å². The van der Waals surface area contributed by atoms with E-state index < -0.39 is 6.10 Å². The summed E-state index contributed by atoms with van der Waals surface area (Å²) >= 11 is 0. The molecule has 7 nitrogen and oxygen atoms in total. The number of aliphatic hydroxyl groups excluding tert-OH is 1. The molecule has 0 radical (unpaired) electrons. The molecular weight excluding hydrogens is 356 g/mol. The number of anilines is 1. The number of aliphatic hydroxyl groups is 1. The van der Waals surface area contributed by atoms with Gasteiger partial charge in [0, 0.05) is 45.0 Å². The summed E-state index contributed by atoms with van der Waals surface area (Å²) in [6.45, 7) is 8.04. The van der Waals surface area contributed by atoms with Gasteiger partial charge in [-0.2, -0.15) is 0 Å². The zero-order chi connectivity index (χ0) is 19.8. The van der Waals surface area contributed by atoms with E-state index >= 15 is 0 Å². The zero-order valence-corrected chi connectivity index (χ0v) is 17.1. The van der Waals surface area contributed by atoms with Gasteiger partial charge in [0.2, 0.25) is 0 Å². The van der Waals surface area contributed by atoms with Gasteiger partial charge in [0.1, 0.15) is 5.75 Å². The highest BCUT2D eigenvalue weighted by molar-refractivity contribution is 5.80. The molecule has 0 spiro atoms. The normalized spacial score (nSPS) is 18.9. The van der Waals surface area contributed by atoms with Crippen molar-refractivity contribution in [2.24, 2.45) is 10.9 Å². The molecule has 1 saturated heterocycles. The van der Waals surface area contributed by atoms with Gasteiger partial charge in [0.15, 0.2) is 5.96 Å². The first-order valence-electron chi connectivity index (χ1n) is 10.4. The summed E-state index contributed by atoms with van der Waals surface area (Å²) in [6, 6.07) is 8.21. The van der Waals surface area contributed by atoms with Crippen LogP contribution >= 0.6 is 0 Å². The average Bonchev–Trinajstić information content (AvgIpc) is 3.56. The lowest BCUT2D eigenvalue weighted by molar-refractivity contribution is 0.0367. The summed E-state index contributed by atoms with van der Waals surface area (Å²) in [5.41, 5.74) is 1.21. The Hall–Kier alpha value is -1.99. The van der Waals surface area contributed by atoms with Gasteiger partial charge in [-0.3, -0.25) is 4.99 Å². The van der Waals surface area contributed by atoms with Crippen molar-refractivity contribution in [3.63, 3.8) is 0 Å². The maximum absolute atomic E-state index is 10.1. The van der Waals surface area contributed by atoms with E-state index in [1.807, 2.05) is 12.1 Å². The highest BCUT2D eigenvalue weighted by Gasteiger charge is 2.22. The van der Waals surface area contributed by atoms with Gasteiger partial charge in [0.05, 0.1) is 26.4 Å². The molecule has 0 aromatic heterocycles. The molecule has 1 unspecified atom stereocenters. The number of nitrogens with one attached hydrogen (secondary N) is 1. The molecule has 1 atom stereocenters. The van der Waals surface area contributed by atoms with Crippen molar-refractivity contribution in [1.82, 2.24) is 10.2 Å². The largest absolute Gasteiger partial charge is 0.497 e. The quantitative estimate of drug-likeness (QED) is 0.493. The van der Waals surface area contributed by atoms with Gasteiger partial charge in [-0.05, 0) is 49.9 Å². The van der Waals surface area contributed by atoms with E-state index in [4.69, 9.17) is 9.47 Å². The second-order valence-electron chi connectivity index (χ2n) is 7.50. The molecule has 3 rings (SSSR count). The Labute approximate surface area is 168 Å². The van der Waals surface area contributed by atoms with Gasteiger partial charge in [-0.15, -0.1) is 0 Å². The highest BCUT2D eigenvalue weighted by Crippen LogP contribution is 2.28. The van der Waals surface area contributed by atoms with Crippen LogP contribution < -0.4 is 15.0 Å². The first-order valence-corrected chi connectivity index (χ1v) is 10.4. The minimum absolute atomic E-state index is 0.366. The number of methoxy groups -OCH3 is 1. The maximum atomic E-state index is 10.1. The summed E-state index contributed by atoms with van der Waals surface area (Å²) in [7, 11) is 1.69. The first kappa shape index (κ1) is 20.7. The second-order valence-corrected chi connectivity index (χ2v) is 7.50. The Balaban J connectivity index is 1.47. The minimum Gasteiger partial charge on any atom is -0.497 e. The van der Waals surface area contributed by atoms with E-state index in [1.165, 1.54) is 18.5 Å². The molecule has 1 aromatic carbocycles. The lowest BCUT2D eigenvalue weighted by Gasteiger charge is -2.37. The highest BCUT2D eigenvalue weighted by atomic mass is 16.5. The molecule has 2 aliphatic rings. The van der Waals surface area contributed by atoms with Gasteiger partial charge < -0.3 is 29.7 Å². The summed E-state index contributed by atoms with van der Waals surface area (Å²) in [5, 5.41) is 13.5. The second kappa shape index (κ2) is 10.5. The van der Waals surface area contributed by atoms with Crippen LogP contribution in [0.5, 0.6) is 5.75 Å². The lowest BCUT2D eigenvalue weighted by atomic mass is 10.2. The fourth-order valence-corrected chi connectivity index (χ4v) is 3.30. The molecule has 2 fully saturated rings. The summed E-state index contributed by atoms with van der Waals surface area (Å²) < 4.78 is 10.8. The number of piperazine rings is 1. The fraction of sp³-hybridized carbons (Fsp3) is 0.667. The summed E-state index contributed by atoms with van der Waals surface area (Å²) in [5.74, 6) is 2.47. The third-order valence-corrected chi connectivity index (χ3v) is 5.16. The Bertz CT molecular complexity index is 611. The Kier molecular flexibility index (Phi) is 7.80. The van der Waals surface area contributed by atoms with Crippen LogP contribution in [0, 0.1) is 5.92 Å². The molecular formula is C21H34N4O3. The monoisotopic (exact) mass is 390 g/mol. The molecule has 1 heterocycles. The van der Waals surface area contributed by atoms with E-state index in [2.05, 4.69) is 39.2 Å². The third-order valence-electron chi connectivity index (χ3n) is 5.16. The molecule has 28 heavy (non-hydrogen) atoms. The Morgan fingerprint density at radius 3 is 2.54 bits per heavy atom. The number of rotatable bonds is 9. The number of ether oxygens (including phenoxy) is 2. The van der Waals surface area contributed by atoms with E-state index in [9.17, 15) is 5.11 Å². The predicted octanol–water partition coefficient (Wildman–Crippen LogP) is 1.57. The van der Waals surface area contributed by atoms with Crippen molar-refractivity contribution < 1.29 is 14.6 Å². The van der Waals surface area contributed by atoms with Crippen LogP contribution in [0.25, 0.3) is 0 Å². The maximum Gasteiger partial charge on any atom is 0.194 e. The number of hydrogen-bond donors (Lipinski definition) is 2. The lowest BCUT2D eigenvalue weighted by Crippen LogP contribution is -2.52. The number of hydrogen-bond acceptors (Lipinski definition) is 5. The van der Waals surface area contributed by atoms with E-state index in [-0.39, 0.29) is 0 Å². The van der Waals surface area contributed by atoms with Crippen molar-refractivity contribution in [3.05, 3.63) is 24.3 Å². The number of aliphatic imine (C=N–C) groups is 1. The molecule has 1 saturated carbocycles. The van der Waals surface area contributed by atoms with E-state index in [1.54, 1.807) is 7.11 Å². The molecule has 7 heteroatoms. The minimum atomic E-state index is -0.548. The van der Waals surface area contributed by atoms with Crippen molar-refractivity contribution in [1.29, 1.82) is 0 Å². The SMILES string of the molecule is CCNC(=NCC(O)COCC1CC1)N1CCN(c2ccc(OC)cc2)CC1.